The number of halogens is 2. The number of benzene rings is 1. The van der Waals surface area contributed by atoms with Crippen molar-refractivity contribution in [2.75, 3.05) is 13.1 Å². The molecule has 2 aromatic heterocycles. The molecule has 0 aliphatic heterocycles. The number of hydrogen-bond donors (Lipinski definition) is 2. The lowest BCUT2D eigenvalue weighted by atomic mass is 10.1. The number of aliphatic imine (C=N–C) groups is 1. The Balaban J connectivity index is 0.00000225. The second-order valence-corrected chi connectivity index (χ2v) is 6.63. The SMILES string of the molecule is CCNC(=NCc1cn2ccsc2n1)NCCc1ccc(Cl)cc1.I. The van der Waals surface area contributed by atoms with Gasteiger partial charge in [-0.2, -0.15) is 0 Å². The minimum atomic E-state index is 0. The number of thiazole rings is 1. The van der Waals surface area contributed by atoms with Gasteiger partial charge in [-0.05, 0) is 31.0 Å². The molecule has 0 unspecified atom stereocenters. The molecule has 0 aliphatic carbocycles. The third-order valence-corrected chi connectivity index (χ3v) is 4.53. The summed E-state index contributed by atoms with van der Waals surface area (Å²) in [5.74, 6) is 0.808. The molecule has 5 nitrogen and oxygen atoms in total. The van der Waals surface area contributed by atoms with Crippen molar-refractivity contribution in [3.8, 4) is 0 Å². The number of guanidine groups is 1. The Morgan fingerprint density at radius 2 is 2.08 bits per heavy atom. The van der Waals surface area contributed by atoms with Crippen LogP contribution in [0.2, 0.25) is 5.02 Å². The predicted octanol–water partition coefficient (Wildman–Crippen LogP) is 3.97. The van der Waals surface area contributed by atoms with E-state index in [0.717, 1.165) is 41.1 Å². The van der Waals surface area contributed by atoms with Gasteiger partial charge in [-0.1, -0.05) is 23.7 Å². The second-order valence-electron chi connectivity index (χ2n) is 5.32. The molecular weight excluding hydrogens is 469 g/mol. The number of fused-ring (bicyclic) bond motifs is 1. The molecule has 3 rings (SSSR count). The Labute approximate surface area is 173 Å². The lowest BCUT2D eigenvalue weighted by Crippen LogP contribution is -2.38. The minimum absolute atomic E-state index is 0. The molecule has 0 saturated carbocycles. The van der Waals surface area contributed by atoms with Crippen LogP contribution in [0.25, 0.3) is 4.96 Å². The first-order valence-corrected chi connectivity index (χ1v) is 9.18. The van der Waals surface area contributed by atoms with Gasteiger partial charge < -0.3 is 10.6 Å². The Morgan fingerprint density at radius 3 is 2.80 bits per heavy atom. The quantitative estimate of drug-likeness (QED) is 0.313. The van der Waals surface area contributed by atoms with E-state index in [0.29, 0.717) is 6.54 Å². The van der Waals surface area contributed by atoms with E-state index in [-0.39, 0.29) is 24.0 Å². The summed E-state index contributed by atoms with van der Waals surface area (Å²) in [5, 5.41) is 9.41. The van der Waals surface area contributed by atoms with Gasteiger partial charge in [-0.25, -0.2) is 9.98 Å². The summed E-state index contributed by atoms with van der Waals surface area (Å²) in [6.45, 7) is 4.25. The maximum Gasteiger partial charge on any atom is 0.193 e. The molecule has 0 fully saturated rings. The standard InChI is InChI=1S/C17H20ClN5S.HI/c1-2-19-16(20-8-7-13-3-5-14(18)6-4-13)21-11-15-12-23-9-10-24-17(23)22-15;/h3-6,9-10,12H,2,7-8,11H2,1H3,(H2,19,20,21);1H. The molecule has 0 radical (unpaired) electrons. The van der Waals surface area contributed by atoms with Crippen LogP contribution in [0, 0.1) is 0 Å². The van der Waals surface area contributed by atoms with Gasteiger partial charge in [0.05, 0.1) is 12.2 Å². The zero-order valence-electron chi connectivity index (χ0n) is 13.9. The molecule has 0 spiro atoms. The van der Waals surface area contributed by atoms with Crippen molar-refractivity contribution < 1.29 is 0 Å². The Bertz CT molecular complexity index is 783. The first-order valence-electron chi connectivity index (χ1n) is 7.92. The average Bonchev–Trinajstić information content (AvgIpc) is 3.16. The van der Waals surface area contributed by atoms with Crippen molar-refractivity contribution in [2.45, 2.75) is 19.9 Å². The van der Waals surface area contributed by atoms with Crippen LogP contribution in [-0.4, -0.2) is 28.4 Å². The molecule has 8 heteroatoms. The van der Waals surface area contributed by atoms with Crippen molar-refractivity contribution >= 4 is 57.8 Å². The summed E-state index contributed by atoms with van der Waals surface area (Å²) >= 11 is 7.53. The second kappa shape index (κ2) is 9.98. The van der Waals surface area contributed by atoms with Gasteiger partial charge in [0.25, 0.3) is 0 Å². The monoisotopic (exact) mass is 489 g/mol. The Morgan fingerprint density at radius 1 is 1.28 bits per heavy atom. The predicted molar refractivity (Wildman–Crippen MR) is 116 cm³/mol. The smallest absolute Gasteiger partial charge is 0.193 e. The summed E-state index contributed by atoms with van der Waals surface area (Å²) < 4.78 is 2.02. The van der Waals surface area contributed by atoms with Gasteiger partial charge in [-0.15, -0.1) is 35.3 Å². The van der Waals surface area contributed by atoms with E-state index in [1.165, 1.54) is 5.56 Å². The van der Waals surface area contributed by atoms with Gasteiger partial charge >= 0.3 is 0 Å². The van der Waals surface area contributed by atoms with Crippen LogP contribution in [-0.2, 0) is 13.0 Å². The molecule has 3 aromatic rings. The van der Waals surface area contributed by atoms with Crippen LogP contribution in [0.15, 0.2) is 47.0 Å². The Kier molecular flexibility index (Phi) is 7.98. The van der Waals surface area contributed by atoms with Crippen molar-refractivity contribution in [3.05, 3.63) is 58.3 Å². The van der Waals surface area contributed by atoms with Crippen LogP contribution in [0.3, 0.4) is 0 Å². The summed E-state index contributed by atoms with van der Waals surface area (Å²) in [6, 6.07) is 7.93. The van der Waals surface area contributed by atoms with Crippen molar-refractivity contribution in [3.63, 3.8) is 0 Å². The number of nitrogens with zero attached hydrogens (tertiary/aromatic N) is 3. The summed E-state index contributed by atoms with van der Waals surface area (Å²) in [7, 11) is 0. The van der Waals surface area contributed by atoms with Crippen molar-refractivity contribution in [2.24, 2.45) is 4.99 Å². The molecular formula is C17H21ClIN5S. The van der Waals surface area contributed by atoms with E-state index >= 15 is 0 Å². The first kappa shape index (κ1) is 20.0. The molecule has 0 bridgehead atoms. The number of aromatic nitrogens is 2. The van der Waals surface area contributed by atoms with Gasteiger partial charge in [0.1, 0.15) is 0 Å². The third kappa shape index (κ3) is 5.86. The lowest BCUT2D eigenvalue weighted by molar-refractivity contribution is 0.797. The number of rotatable bonds is 6. The molecule has 134 valence electrons. The maximum atomic E-state index is 5.91. The van der Waals surface area contributed by atoms with E-state index in [1.807, 2.05) is 46.4 Å². The maximum absolute atomic E-state index is 5.91. The van der Waals surface area contributed by atoms with E-state index in [9.17, 15) is 0 Å². The van der Waals surface area contributed by atoms with Crippen LogP contribution >= 0.6 is 46.9 Å². The largest absolute Gasteiger partial charge is 0.357 e. The topological polar surface area (TPSA) is 53.7 Å². The van der Waals surface area contributed by atoms with Gasteiger partial charge in [0.15, 0.2) is 10.9 Å². The molecule has 2 heterocycles. The van der Waals surface area contributed by atoms with E-state index in [4.69, 9.17) is 11.6 Å². The van der Waals surface area contributed by atoms with E-state index in [1.54, 1.807) is 11.3 Å². The lowest BCUT2D eigenvalue weighted by Gasteiger charge is -2.11. The highest BCUT2D eigenvalue weighted by molar-refractivity contribution is 14.0. The third-order valence-electron chi connectivity index (χ3n) is 3.51. The fourth-order valence-corrected chi connectivity index (χ4v) is 3.18. The minimum Gasteiger partial charge on any atom is -0.357 e. The molecule has 1 aromatic carbocycles. The van der Waals surface area contributed by atoms with Crippen molar-refractivity contribution in [1.82, 2.24) is 20.0 Å². The first-order chi connectivity index (χ1) is 11.7. The molecule has 0 aliphatic rings. The highest BCUT2D eigenvalue weighted by atomic mass is 127. The highest BCUT2D eigenvalue weighted by Crippen LogP contribution is 2.12. The van der Waals surface area contributed by atoms with Gasteiger partial charge in [-0.3, -0.25) is 4.40 Å². The molecule has 2 N–H and O–H groups in total. The normalized spacial score (nSPS) is 11.4. The van der Waals surface area contributed by atoms with Crippen molar-refractivity contribution in [1.29, 1.82) is 0 Å². The fourth-order valence-electron chi connectivity index (χ4n) is 2.33. The summed E-state index contributed by atoms with van der Waals surface area (Å²) in [5.41, 5.74) is 2.22. The van der Waals surface area contributed by atoms with Crippen LogP contribution in [0.1, 0.15) is 18.2 Å². The van der Waals surface area contributed by atoms with Crippen LogP contribution in [0.5, 0.6) is 0 Å². The zero-order valence-corrected chi connectivity index (χ0v) is 17.8. The number of imidazole rings is 1. The number of nitrogens with one attached hydrogen (secondary N) is 2. The van der Waals surface area contributed by atoms with E-state index < -0.39 is 0 Å². The fraction of sp³-hybridized carbons (Fsp3) is 0.294. The molecule has 0 amide bonds. The Hall–Kier alpha value is -1.32. The van der Waals surface area contributed by atoms with Crippen LogP contribution in [0.4, 0.5) is 0 Å². The average molecular weight is 490 g/mol. The molecule has 0 atom stereocenters. The van der Waals surface area contributed by atoms with Crippen LogP contribution < -0.4 is 10.6 Å². The van der Waals surface area contributed by atoms with Gasteiger partial charge in [0.2, 0.25) is 0 Å². The van der Waals surface area contributed by atoms with Gasteiger partial charge in [0, 0.05) is 35.9 Å². The number of hydrogen-bond acceptors (Lipinski definition) is 3. The summed E-state index contributed by atoms with van der Waals surface area (Å²) in [6.07, 6.45) is 4.95. The molecule has 0 saturated heterocycles. The molecule has 25 heavy (non-hydrogen) atoms. The summed E-state index contributed by atoms with van der Waals surface area (Å²) in [4.78, 5) is 10.2. The van der Waals surface area contributed by atoms with E-state index in [2.05, 4.69) is 27.5 Å². The zero-order chi connectivity index (χ0) is 16.8. The highest BCUT2D eigenvalue weighted by Gasteiger charge is 2.03.